The third-order valence-corrected chi connectivity index (χ3v) is 3.16. The third kappa shape index (κ3) is 4.71. The molecule has 1 aliphatic heterocycles. The second-order valence-electron chi connectivity index (χ2n) is 5.53. The van der Waals surface area contributed by atoms with Gasteiger partial charge in [0.25, 0.3) is 5.88 Å². The second kappa shape index (κ2) is 7.34. The summed E-state index contributed by atoms with van der Waals surface area (Å²) in [6.45, 7) is 7.82. The number of pyridine rings is 1. The van der Waals surface area contributed by atoms with Crippen LogP contribution < -0.4 is 14.8 Å². The molecule has 19 heavy (non-hydrogen) atoms. The fraction of sp³-hybridized carbons (Fsp3) is 0.667. The van der Waals surface area contributed by atoms with Gasteiger partial charge in [0.05, 0.1) is 13.2 Å². The highest BCUT2D eigenvalue weighted by Gasteiger charge is 2.15. The van der Waals surface area contributed by atoms with E-state index in [0.29, 0.717) is 24.3 Å². The number of nitrogens with one attached hydrogen (secondary N) is 1. The summed E-state index contributed by atoms with van der Waals surface area (Å²) in [5, 5.41) is 3.40. The van der Waals surface area contributed by atoms with Gasteiger partial charge in [-0.3, -0.25) is 0 Å². The van der Waals surface area contributed by atoms with Crippen LogP contribution in [0.1, 0.15) is 26.7 Å². The lowest BCUT2D eigenvalue weighted by Crippen LogP contribution is -2.33. The average Bonchev–Trinajstić information content (AvgIpc) is 2.45. The molecule has 1 saturated heterocycles. The Morgan fingerprint density at radius 1 is 1.42 bits per heavy atom. The van der Waals surface area contributed by atoms with Gasteiger partial charge in [0.2, 0.25) is 0 Å². The Labute approximate surface area is 115 Å². The highest BCUT2D eigenvalue weighted by Crippen LogP contribution is 2.25. The molecule has 0 aromatic carbocycles. The summed E-state index contributed by atoms with van der Waals surface area (Å²) < 4.78 is 11.6. The first-order valence-electron chi connectivity index (χ1n) is 7.17. The van der Waals surface area contributed by atoms with E-state index in [1.165, 1.54) is 12.8 Å². The van der Waals surface area contributed by atoms with Gasteiger partial charge in [-0.15, -0.1) is 0 Å². The summed E-state index contributed by atoms with van der Waals surface area (Å²) in [5.74, 6) is 2.44. The molecular weight excluding hydrogens is 240 g/mol. The standard InChI is InChI=1S/C15H24N2O2/c1-12(2)10-19-15-14(6-4-8-17-15)18-11-13-5-3-7-16-9-13/h4,6,8,12-13,16H,3,5,7,9-11H2,1-2H3. The maximum absolute atomic E-state index is 5.88. The molecule has 2 rings (SSSR count). The van der Waals surface area contributed by atoms with Crippen molar-refractivity contribution in [2.75, 3.05) is 26.3 Å². The van der Waals surface area contributed by atoms with Crippen molar-refractivity contribution in [1.29, 1.82) is 0 Å². The van der Waals surface area contributed by atoms with E-state index in [2.05, 4.69) is 24.1 Å². The molecule has 1 unspecified atom stereocenters. The molecular formula is C15H24N2O2. The van der Waals surface area contributed by atoms with Crippen LogP contribution in [0.25, 0.3) is 0 Å². The van der Waals surface area contributed by atoms with Crippen molar-refractivity contribution in [3.8, 4) is 11.6 Å². The maximum atomic E-state index is 5.88. The minimum absolute atomic E-state index is 0.484. The van der Waals surface area contributed by atoms with Crippen molar-refractivity contribution in [2.45, 2.75) is 26.7 Å². The van der Waals surface area contributed by atoms with Crippen LogP contribution in [0.4, 0.5) is 0 Å². The average molecular weight is 264 g/mol. The van der Waals surface area contributed by atoms with Crippen molar-refractivity contribution >= 4 is 0 Å². The van der Waals surface area contributed by atoms with Crippen molar-refractivity contribution in [3.63, 3.8) is 0 Å². The molecule has 4 nitrogen and oxygen atoms in total. The zero-order valence-electron chi connectivity index (χ0n) is 11.9. The molecule has 1 fully saturated rings. The van der Waals surface area contributed by atoms with Gasteiger partial charge in [0.15, 0.2) is 5.75 Å². The summed E-state index contributed by atoms with van der Waals surface area (Å²) in [6.07, 6.45) is 4.21. The first-order valence-corrected chi connectivity index (χ1v) is 7.17. The SMILES string of the molecule is CC(C)COc1ncccc1OCC1CCCNC1. The lowest BCUT2D eigenvalue weighted by Gasteiger charge is -2.23. The number of rotatable bonds is 6. The van der Waals surface area contributed by atoms with E-state index < -0.39 is 0 Å². The van der Waals surface area contributed by atoms with Crippen molar-refractivity contribution < 1.29 is 9.47 Å². The molecule has 1 atom stereocenters. The summed E-state index contributed by atoms with van der Waals surface area (Å²) in [4.78, 5) is 4.25. The summed E-state index contributed by atoms with van der Waals surface area (Å²) in [5.41, 5.74) is 0. The van der Waals surface area contributed by atoms with E-state index in [0.717, 1.165) is 25.4 Å². The Morgan fingerprint density at radius 3 is 3.05 bits per heavy atom. The lowest BCUT2D eigenvalue weighted by atomic mass is 10.0. The van der Waals surface area contributed by atoms with Crippen LogP contribution in [-0.4, -0.2) is 31.3 Å². The smallest absolute Gasteiger partial charge is 0.256 e. The highest BCUT2D eigenvalue weighted by molar-refractivity contribution is 5.32. The highest BCUT2D eigenvalue weighted by atomic mass is 16.5. The van der Waals surface area contributed by atoms with Crippen LogP contribution in [0.5, 0.6) is 11.6 Å². The largest absolute Gasteiger partial charge is 0.488 e. The molecule has 1 aromatic heterocycles. The predicted molar refractivity (Wildman–Crippen MR) is 75.7 cm³/mol. The van der Waals surface area contributed by atoms with Gasteiger partial charge in [0, 0.05) is 18.7 Å². The van der Waals surface area contributed by atoms with Crippen molar-refractivity contribution in [2.24, 2.45) is 11.8 Å². The number of piperidine rings is 1. The lowest BCUT2D eigenvalue weighted by molar-refractivity contribution is 0.197. The molecule has 1 aliphatic rings. The molecule has 0 saturated carbocycles. The van der Waals surface area contributed by atoms with Gasteiger partial charge in [-0.1, -0.05) is 13.8 Å². The van der Waals surface area contributed by atoms with E-state index in [9.17, 15) is 0 Å². The van der Waals surface area contributed by atoms with Gasteiger partial charge in [-0.05, 0) is 37.4 Å². The Balaban J connectivity index is 1.87. The van der Waals surface area contributed by atoms with Gasteiger partial charge in [-0.25, -0.2) is 4.98 Å². The van der Waals surface area contributed by atoms with Crippen LogP contribution in [0.3, 0.4) is 0 Å². The summed E-state index contributed by atoms with van der Waals surface area (Å²) in [6, 6.07) is 3.82. The molecule has 0 radical (unpaired) electrons. The number of hydrogen-bond donors (Lipinski definition) is 1. The zero-order valence-corrected chi connectivity index (χ0v) is 11.9. The number of aromatic nitrogens is 1. The second-order valence-corrected chi connectivity index (χ2v) is 5.53. The van der Waals surface area contributed by atoms with Crippen LogP contribution in [0.15, 0.2) is 18.3 Å². The van der Waals surface area contributed by atoms with Crippen molar-refractivity contribution in [3.05, 3.63) is 18.3 Å². The van der Waals surface area contributed by atoms with Gasteiger partial charge >= 0.3 is 0 Å². The molecule has 106 valence electrons. The number of ether oxygens (including phenoxy) is 2. The topological polar surface area (TPSA) is 43.4 Å². The monoisotopic (exact) mass is 264 g/mol. The first-order chi connectivity index (χ1) is 9.25. The molecule has 2 heterocycles. The first kappa shape index (κ1) is 14.1. The molecule has 4 heteroatoms. The van der Waals surface area contributed by atoms with E-state index in [-0.39, 0.29) is 0 Å². The minimum atomic E-state index is 0.484. The maximum Gasteiger partial charge on any atom is 0.256 e. The molecule has 0 amide bonds. The quantitative estimate of drug-likeness (QED) is 0.857. The van der Waals surface area contributed by atoms with E-state index in [1.807, 2.05) is 12.1 Å². The van der Waals surface area contributed by atoms with E-state index >= 15 is 0 Å². The van der Waals surface area contributed by atoms with Crippen LogP contribution in [-0.2, 0) is 0 Å². The summed E-state index contributed by atoms with van der Waals surface area (Å²) >= 11 is 0. The van der Waals surface area contributed by atoms with E-state index in [1.54, 1.807) is 6.20 Å². The fourth-order valence-electron chi connectivity index (χ4n) is 2.11. The van der Waals surface area contributed by atoms with Crippen molar-refractivity contribution in [1.82, 2.24) is 10.3 Å². The van der Waals surface area contributed by atoms with E-state index in [4.69, 9.17) is 9.47 Å². The van der Waals surface area contributed by atoms with Gasteiger partial charge in [0.1, 0.15) is 0 Å². The Bertz CT molecular complexity index is 376. The molecule has 1 N–H and O–H groups in total. The summed E-state index contributed by atoms with van der Waals surface area (Å²) in [7, 11) is 0. The fourth-order valence-corrected chi connectivity index (χ4v) is 2.11. The molecule has 1 aromatic rings. The number of nitrogens with zero attached hydrogens (tertiary/aromatic N) is 1. The third-order valence-electron chi connectivity index (χ3n) is 3.16. The van der Waals surface area contributed by atoms with Crippen LogP contribution in [0, 0.1) is 11.8 Å². The minimum Gasteiger partial charge on any atom is -0.488 e. The molecule has 0 aliphatic carbocycles. The Hall–Kier alpha value is -1.29. The normalized spacial score (nSPS) is 19.4. The van der Waals surface area contributed by atoms with Gasteiger partial charge < -0.3 is 14.8 Å². The van der Waals surface area contributed by atoms with Gasteiger partial charge in [-0.2, -0.15) is 0 Å². The number of hydrogen-bond acceptors (Lipinski definition) is 4. The van der Waals surface area contributed by atoms with Crippen LogP contribution in [0.2, 0.25) is 0 Å². The van der Waals surface area contributed by atoms with Crippen LogP contribution >= 0.6 is 0 Å². The predicted octanol–water partition coefficient (Wildman–Crippen LogP) is 2.49. The molecule has 0 spiro atoms. The Morgan fingerprint density at radius 2 is 2.32 bits per heavy atom. The Kier molecular flexibility index (Phi) is 5.45. The zero-order chi connectivity index (χ0) is 13.5. The molecule has 0 bridgehead atoms.